The highest BCUT2D eigenvalue weighted by atomic mass is 16.6. The molecular formula is C34H31N3O4. The molecule has 3 atom stereocenters. The third kappa shape index (κ3) is 5.70. The first-order valence-corrected chi connectivity index (χ1v) is 13.9. The van der Waals surface area contributed by atoms with Crippen molar-refractivity contribution in [3.63, 3.8) is 0 Å². The molecular weight excluding hydrogens is 514 g/mol. The van der Waals surface area contributed by atoms with Crippen molar-refractivity contribution in [3.05, 3.63) is 136 Å². The van der Waals surface area contributed by atoms with Gasteiger partial charge < -0.3 is 14.8 Å². The number of nitro groups is 1. The van der Waals surface area contributed by atoms with Crippen LogP contribution in [0.4, 0.5) is 17.1 Å². The van der Waals surface area contributed by atoms with Gasteiger partial charge in [-0.2, -0.15) is 0 Å². The number of allylic oxidation sites excluding steroid dienone is 2. The molecule has 6 rings (SSSR count). The summed E-state index contributed by atoms with van der Waals surface area (Å²) >= 11 is 0. The number of nitro benzene ring substituents is 1. The van der Waals surface area contributed by atoms with Crippen LogP contribution >= 0.6 is 0 Å². The number of hydrogen-bond acceptors (Lipinski definition) is 6. The van der Waals surface area contributed by atoms with Gasteiger partial charge in [0, 0.05) is 30.0 Å². The van der Waals surface area contributed by atoms with E-state index in [1.54, 1.807) is 12.1 Å². The normalized spacial score (nSPS) is 18.9. The monoisotopic (exact) mass is 545 g/mol. The summed E-state index contributed by atoms with van der Waals surface area (Å²) in [6, 6.07) is 29.4. The number of anilines is 1. The summed E-state index contributed by atoms with van der Waals surface area (Å²) in [5, 5.41) is 14.7. The number of nitrogens with zero attached hydrogens (tertiary/aromatic N) is 2. The van der Waals surface area contributed by atoms with Gasteiger partial charge in [-0.05, 0) is 90.0 Å². The minimum atomic E-state index is -0.415. The minimum Gasteiger partial charge on any atom is -0.490 e. The molecule has 206 valence electrons. The first kappa shape index (κ1) is 26.3. The van der Waals surface area contributed by atoms with Crippen LogP contribution in [0.3, 0.4) is 0 Å². The van der Waals surface area contributed by atoms with E-state index in [2.05, 4.69) is 66.0 Å². The van der Waals surface area contributed by atoms with Crippen molar-refractivity contribution in [1.29, 1.82) is 0 Å². The number of nitrogens with one attached hydrogen (secondary N) is 1. The second kappa shape index (κ2) is 11.7. The van der Waals surface area contributed by atoms with Gasteiger partial charge in [-0.3, -0.25) is 15.1 Å². The van der Waals surface area contributed by atoms with E-state index in [4.69, 9.17) is 14.5 Å². The maximum absolute atomic E-state index is 10.9. The fraction of sp³-hybridized carbons (Fsp3) is 0.206. The van der Waals surface area contributed by atoms with Crippen molar-refractivity contribution >= 4 is 23.3 Å². The maximum atomic E-state index is 10.9. The molecule has 1 aliphatic heterocycles. The van der Waals surface area contributed by atoms with E-state index >= 15 is 0 Å². The van der Waals surface area contributed by atoms with E-state index in [0.29, 0.717) is 29.9 Å². The highest BCUT2D eigenvalue weighted by Gasteiger charge is 2.37. The van der Waals surface area contributed by atoms with Crippen LogP contribution in [-0.4, -0.2) is 17.7 Å². The number of para-hydroxylation sites is 1. The number of benzene rings is 4. The summed E-state index contributed by atoms with van der Waals surface area (Å²) in [6.45, 7) is 2.69. The average Bonchev–Trinajstić information content (AvgIpc) is 3.50. The molecule has 7 nitrogen and oxygen atoms in total. The van der Waals surface area contributed by atoms with Crippen LogP contribution in [0, 0.1) is 16.0 Å². The van der Waals surface area contributed by atoms with Crippen molar-refractivity contribution in [1.82, 2.24) is 0 Å². The van der Waals surface area contributed by atoms with Crippen LogP contribution in [0.5, 0.6) is 11.5 Å². The Bertz CT molecular complexity index is 1600. The van der Waals surface area contributed by atoms with E-state index in [9.17, 15) is 10.1 Å². The molecule has 1 heterocycles. The number of aliphatic imine (C=N–C) groups is 1. The lowest BCUT2D eigenvalue weighted by Crippen LogP contribution is -2.28. The van der Waals surface area contributed by atoms with Gasteiger partial charge in [0.15, 0.2) is 11.5 Å². The second-order valence-electron chi connectivity index (χ2n) is 10.3. The maximum Gasteiger partial charge on any atom is 0.269 e. The van der Waals surface area contributed by atoms with Gasteiger partial charge >= 0.3 is 0 Å². The molecule has 1 N–H and O–H groups in total. The van der Waals surface area contributed by atoms with Crippen LogP contribution in [0.25, 0.3) is 0 Å². The molecule has 0 fully saturated rings. The van der Waals surface area contributed by atoms with Gasteiger partial charge in [0.25, 0.3) is 5.69 Å². The molecule has 0 unspecified atom stereocenters. The van der Waals surface area contributed by atoms with Crippen molar-refractivity contribution in [2.24, 2.45) is 10.9 Å². The Morgan fingerprint density at radius 3 is 2.56 bits per heavy atom. The van der Waals surface area contributed by atoms with Crippen LogP contribution < -0.4 is 14.8 Å². The smallest absolute Gasteiger partial charge is 0.269 e. The minimum absolute atomic E-state index is 0.0539. The van der Waals surface area contributed by atoms with Crippen molar-refractivity contribution in [2.75, 3.05) is 11.9 Å². The number of ether oxygens (including phenoxy) is 2. The zero-order chi connectivity index (χ0) is 28.2. The average molecular weight is 546 g/mol. The lowest BCUT2D eigenvalue weighted by molar-refractivity contribution is -0.384. The van der Waals surface area contributed by atoms with E-state index in [0.717, 1.165) is 23.2 Å². The lowest BCUT2D eigenvalue weighted by Gasteiger charge is -2.37. The molecule has 4 aromatic rings. The predicted octanol–water partition coefficient (Wildman–Crippen LogP) is 8.15. The van der Waals surface area contributed by atoms with Gasteiger partial charge in [-0.25, -0.2) is 0 Å². The number of hydrogen-bond donors (Lipinski definition) is 1. The molecule has 1 aliphatic carbocycles. The summed E-state index contributed by atoms with van der Waals surface area (Å²) in [5.41, 5.74) is 6.53. The lowest BCUT2D eigenvalue weighted by atomic mass is 9.77. The number of rotatable bonds is 9. The Labute approximate surface area is 239 Å². The standard InChI is InChI=1S/C34H31N3O4/c1-2-40-33-20-24(12-19-32(33)41-22-23-10-17-27(18-11-23)37(38)39)21-35-26-15-13-25(14-16-26)34-30-8-5-7-28(30)29-6-3-4-9-31(29)36-34/h3-7,9-21,28,30,34,36H,2,8,22H2,1H3/t28-,30+,34+/m1/s1. The van der Waals surface area contributed by atoms with Crippen LogP contribution in [-0.2, 0) is 6.61 Å². The topological polar surface area (TPSA) is 86.0 Å². The predicted molar refractivity (Wildman–Crippen MR) is 162 cm³/mol. The SMILES string of the molecule is CCOc1cc(C=Nc2ccc([C@@H]3Nc4ccccc4[C@H]4C=CC[C@@H]43)cc2)ccc1OCc1ccc([N+](=O)[O-])cc1. The highest BCUT2D eigenvalue weighted by molar-refractivity contribution is 5.83. The Morgan fingerprint density at radius 2 is 1.78 bits per heavy atom. The van der Waals surface area contributed by atoms with Gasteiger partial charge in [-0.15, -0.1) is 0 Å². The summed E-state index contributed by atoms with van der Waals surface area (Å²) < 4.78 is 11.8. The van der Waals surface area contributed by atoms with Gasteiger partial charge in [0.2, 0.25) is 0 Å². The van der Waals surface area contributed by atoms with Gasteiger partial charge in [0.05, 0.1) is 23.3 Å². The zero-order valence-corrected chi connectivity index (χ0v) is 22.8. The van der Waals surface area contributed by atoms with E-state index < -0.39 is 4.92 Å². The van der Waals surface area contributed by atoms with Crippen LogP contribution in [0.1, 0.15) is 47.6 Å². The highest BCUT2D eigenvalue weighted by Crippen LogP contribution is 2.49. The number of non-ortho nitro benzene ring substituents is 1. The van der Waals surface area contributed by atoms with E-state index in [-0.39, 0.29) is 18.3 Å². The molecule has 0 spiro atoms. The molecule has 0 bridgehead atoms. The first-order chi connectivity index (χ1) is 20.1. The van der Waals surface area contributed by atoms with Gasteiger partial charge in [0.1, 0.15) is 6.61 Å². The quantitative estimate of drug-likeness (QED) is 0.0993. The molecule has 7 heteroatoms. The number of fused-ring (bicyclic) bond motifs is 3. The molecule has 41 heavy (non-hydrogen) atoms. The Morgan fingerprint density at radius 1 is 0.976 bits per heavy atom. The molecule has 2 aliphatic rings. The fourth-order valence-electron chi connectivity index (χ4n) is 5.66. The van der Waals surface area contributed by atoms with Crippen LogP contribution in [0.15, 0.2) is 108 Å². The molecule has 0 aromatic heterocycles. The summed E-state index contributed by atoms with van der Waals surface area (Å²) in [5.74, 6) is 2.19. The van der Waals surface area contributed by atoms with Crippen molar-refractivity contribution in [2.45, 2.75) is 31.9 Å². The molecule has 4 aromatic carbocycles. The van der Waals surface area contributed by atoms with E-state index in [1.165, 1.54) is 28.9 Å². The third-order valence-corrected chi connectivity index (χ3v) is 7.70. The third-order valence-electron chi connectivity index (χ3n) is 7.70. The van der Waals surface area contributed by atoms with Crippen molar-refractivity contribution < 1.29 is 14.4 Å². The zero-order valence-electron chi connectivity index (χ0n) is 22.8. The molecule has 0 amide bonds. The fourth-order valence-corrected chi connectivity index (χ4v) is 5.66. The Balaban J connectivity index is 1.13. The van der Waals surface area contributed by atoms with E-state index in [1.807, 2.05) is 31.3 Å². The largest absolute Gasteiger partial charge is 0.490 e. The Hall–Kier alpha value is -4.91. The summed E-state index contributed by atoms with van der Waals surface area (Å²) in [7, 11) is 0. The molecule has 0 saturated carbocycles. The van der Waals surface area contributed by atoms with Crippen molar-refractivity contribution in [3.8, 4) is 11.5 Å². The van der Waals surface area contributed by atoms with Crippen LogP contribution in [0.2, 0.25) is 0 Å². The summed E-state index contributed by atoms with van der Waals surface area (Å²) in [4.78, 5) is 15.2. The molecule has 0 saturated heterocycles. The molecule has 0 radical (unpaired) electrons. The summed E-state index contributed by atoms with van der Waals surface area (Å²) in [6.07, 6.45) is 7.57. The van der Waals surface area contributed by atoms with Gasteiger partial charge in [-0.1, -0.05) is 42.5 Å². The second-order valence-corrected chi connectivity index (χ2v) is 10.3. The first-order valence-electron chi connectivity index (χ1n) is 13.9. The Kier molecular flexibility index (Phi) is 7.50.